The normalized spacial score (nSPS) is 10.0. The Morgan fingerprint density at radius 1 is 1.08 bits per heavy atom. The summed E-state index contributed by atoms with van der Waals surface area (Å²) >= 11 is 0. The standard InChI is InChI=1S/C13H13O4.C8H7.U/c1-9(14)12(8-13(15)16)17-10(2)11-6-4-3-5-7-11;1-2-8-6-4-3-5-7-8;/h3-8,12H,2H2,1H3,(H,15,16);3-7H,1H2;/q2*-1;+2. The van der Waals surface area contributed by atoms with Crippen LogP contribution in [0.1, 0.15) is 18.1 Å². The van der Waals surface area contributed by atoms with E-state index in [1.165, 1.54) is 6.92 Å². The Morgan fingerprint density at radius 2 is 1.58 bits per heavy atom. The number of carboxylic acids is 1. The van der Waals surface area contributed by atoms with E-state index >= 15 is 0 Å². The molecule has 0 radical (unpaired) electrons. The van der Waals surface area contributed by atoms with Crippen LogP contribution in [0.3, 0.4) is 0 Å². The smallest absolute Gasteiger partial charge is 0.511 e. The van der Waals surface area contributed by atoms with Gasteiger partial charge in [0.2, 0.25) is 0 Å². The van der Waals surface area contributed by atoms with Crippen LogP contribution >= 0.6 is 0 Å². The molecule has 0 aromatic heterocycles. The number of ether oxygens (including phenoxy) is 1. The first-order valence-corrected chi connectivity index (χ1v) is 7.51. The van der Waals surface area contributed by atoms with E-state index in [9.17, 15) is 9.59 Å². The van der Waals surface area contributed by atoms with Crippen molar-refractivity contribution >= 4 is 17.5 Å². The summed E-state index contributed by atoms with van der Waals surface area (Å²) in [7, 11) is 0. The molecule has 2 rings (SSSR count). The molecule has 0 aliphatic carbocycles. The average molecular weight is 574 g/mol. The van der Waals surface area contributed by atoms with Crippen LogP contribution in [0, 0.1) is 43.6 Å². The average Bonchev–Trinajstić information content (AvgIpc) is 2.62. The van der Waals surface area contributed by atoms with E-state index in [1.807, 2.05) is 36.4 Å². The van der Waals surface area contributed by atoms with E-state index in [2.05, 4.69) is 19.2 Å². The van der Waals surface area contributed by atoms with Crippen LogP contribution < -0.4 is 0 Å². The molecule has 4 nitrogen and oxygen atoms in total. The number of benzene rings is 2. The van der Waals surface area contributed by atoms with Crippen LogP contribution in [0.15, 0.2) is 73.8 Å². The summed E-state index contributed by atoms with van der Waals surface area (Å²) in [6.45, 7) is 8.44. The van der Waals surface area contributed by atoms with Gasteiger partial charge in [0.05, 0.1) is 6.10 Å². The van der Waals surface area contributed by atoms with Gasteiger partial charge in [0.15, 0.2) is 5.97 Å². The fourth-order valence-electron chi connectivity index (χ4n) is 1.77. The van der Waals surface area contributed by atoms with Crippen LogP contribution in [0.25, 0.3) is 5.76 Å². The molecule has 1 unspecified atom stereocenters. The second-order valence-electron chi connectivity index (χ2n) is 4.99. The van der Waals surface area contributed by atoms with Crippen molar-refractivity contribution in [1.29, 1.82) is 0 Å². The monoisotopic (exact) mass is 574 g/mol. The van der Waals surface area contributed by atoms with Gasteiger partial charge in [-0.25, -0.2) is 6.42 Å². The summed E-state index contributed by atoms with van der Waals surface area (Å²) in [5.41, 5.74) is 1.75. The van der Waals surface area contributed by atoms with Gasteiger partial charge in [-0.3, -0.25) is 9.59 Å². The van der Waals surface area contributed by atoms with Crippen molar-refractivity contribution in [2.45, 2.75) is 13.0 Å². The van der Waals surface area contributed by atoms with Crippen LogP contribution in [0.5, 0.6) is 0 Å². The zero-order chi connectivity index (χ0) is 18.7. The number of Topliss-reactive ketones (excluding diaryl/α,β-unsaturated/α-hetero) is 1. The van der Waals surface area contributed by atoms with Crippen molar-refractivity contribution in [1.82, 2.24) is 0 Å². The number of rotatable bonds is 7. The van der Waals surface area contributed by atoms with Gasteiger partial charge in [0.25, 0.3) is 0 Å². The molecule has 0 bridgehead atoms. The summed E-state index contributed by atoms with van der Waals surface area (Å²) in [4.78, 5) is 21.7. The maximum absolute atomic E-state index is 11.2. The number of carboxylic acid groups (broad SMARTS) is 1. The Hall–Kier alpha value is -2.22. The van der Waals surface area contributed by atoms with Gasteiger partial charge >= 0.3 is 31.1 Å². The molecule has 0 amide bonds. The predicted molar refractivity (Wildman–Crippen MR) is 97.4 cm³/mol. The molecule has 0 heterocycles. The van der Waals surface area contributed by atoms with E-state index in [0.717, 1.165) is 12.0 Å². The molecule has 1 atom stereocenters. The van der Waals surface area contributed by atoms with E-state index < -0.39 is 12.1 Å². The van der Waals surface area contributed by atoms with Crippen molar-refractivity contribution in [3.05, 3.63) is 97.4 Å². The maximum Gasteiger partial charge on any atom is 2.00 e. The minimum Gasteiger partial charge on any atom is -0.511 e. The summed E-state index contributed by atoms with van der Waals surface area (Å²) in [5.74, 6) is -1.32. The zero-order valence-electron chi connectivity index (χ0n) is 14.5. The number of ketones is 1. The molecular weight excluding hydrogens is 554 g/mol. The number of carbonyl (C=O) groups is 2. The molecule has 0 aliphatic heterocycles. The molecule has 0 saturated heterocycles. The Balaban J connectivity index is 0.000000583. The van der Waals surface area contributed by atoms with Gasteiger partial charge in [-0.15, -0.1) is 12.1 Å². The molecule has 0 spiro atoms. The van der Waals surface area contributed by atoms with Gasteiger partial charge in [0, 0.05) is 5.56 Å². The summed E-state index contributed by atoms with van der Waals surface area (Å²) < 4.78 is 5.23. The fourth-order valence-corrected chi connectivity index (χ4v) is 1.77. The SMILES string of the molecule is C=C(OC([CH-]C(=O)O)C(C)=O)c1ccccc1.C=[C-]c1ccccc1.[U+2]. The van der Waals surface area contributed by atoms with Gasteiger partial charge < -0.3 is 9.84 Å². The van der Waals surface area contributed by atoms with Crippen LogP contribution in [0.2, 0.25) is 0 Å². The summed E-state index contributed by atoms with van der Waals surface area (Å²) in [5, 5.41) is 8.60. The maximum atomic E-state index is 11.2. The van der Waals surface area contributed by atoms with Crippen molar-refractivity contribution in [2.75, 3.05) is 0 Å². The van der Waals surface area contributed by atoms with Crippen molar-refractivity contribution in [2.24, 2.45) is 0 Å². The van der Waals surface area contributed by atoms with Gasteiger partial charge in [-0.2, -0.15) is 30.4 Å². The molecule has 2 aromatic rings. The molecular formula is C21H20O4U. The third-order valence-electron chi connectivity index (χ3n) is 3.04. The number of carbonyl (C=O) groups excluding carboxylic acids is 1. The predicted octanol–water partition coefficient (Wildman–Crippen LogP) is 3.94. The molecule has 0 saturated carbocycles. The van der Waals surface area contributed by atoms with Gasteiger partial charge in [-0.05, 0) is 6.92 Å². The minimum atomic E-state index is -1.20. The number of aliphatic carboxylic acids is 1. The van der Waals surface area contributed by atoms with Gasteiger partial charge in [0.1, 0.15) is 11.5 Å². The first kappa shape index (κ1) is 23.8. The molecule has 5 heteroatoms. The van der Waals surface area contributed by atoms with Crippen LogP contribution in [0.4, 0.5) is 0 Å². The minimum absolute atomic E-state index is 0. The van der Waals surface area contributed by atoms with Crippen molar-refractivity contribution in [3.63, 3.8) is 0 Å². The van der Waals surface area contributed by atoms with E-state index in [4.69, 9.17) is 9.84 Å². The van der Waals surface area contributed by atoms with Crippen LogP contribution in [-0.4, -0.2) is 23.0 Å². The Kier molecular flexibility index (Phi) is 11.9. The zero-order valence-corrected chi connectivity index (χ0v) is 18.7. The topological polar surface area (TPSA) is 63.6 Å². The number of hydrogen-bond donors (Lipinski definition) is 1. The molecule has 0 fully saturated rings. The molecule has 0 aliphatic rings. The van der Waals surface area contributed by atoms with Gasteiger partial charge in [-0.1, -0.05) is 43.0 Å². The molecule has 132 valence electrons. The Morgan fingerprint density at radius 3 is 1.96 bits per heavy atom. The second-order valence-corrected chi connectivity index (χ2v) is 4.99. The van der Waals surface area contributed by atoms with Crippen molar-refractivity contribution < 1.29 is 50.5 Å². The fraction of sp³-hybridized carbons (Fsp3) is 0.0952. The summed E-state index contributed by atoms with van der Waals surface area (Å²) in [6, 6.07) is 18.8. The van der Waals surface area contributed by atoms with Crippen molar-refractivity contribution in [3.8, 4) is 0 Å². The number of hydrogen-bond acceptors (Lipinski definition) is 3. The Labute approximate surface area is 178 Å². The molecule has 1 N–H and O–H groups in total. The van der Waals surface area contributed by atoms with Crippen LogP contribution in [-0.2, 0) is 14.3 Å². The second kappa shape index (κ2) is 13.0. The first-order valence-electron chi connectivity index (χ1n) is 7.51. The molecule has 2 aromatic carbocycles. The summed E-state index contributed by atoms with van der Waals surface area (Å²) in [6.07, 6.45) is 2.47. The first-order chi connectivity index (χ1) is 11.9. The third-order valence-corrected chi connectivity index (χ3v) is 3.04. The molecule has 26 heavy (non-hydrogen) atoms. The van der Waals surface area contributed by atoms with E-state index in [0.29, 0.717) is 5.56 Å². The Bertz CT molecular complexity index is 711. The van der Waals surface area contributed by atoms with E-state index in [1.54, 1.807) is 24.3 Å². The van der Waals surface area contributed by atoms with E-state index in [-0.39, 0.29) is 42.7 Å². The third kappa shape index (κ3) is 9.31. The quantitative estimate of drug-likeness (QED) is 0.402. The largest absolute Gasteiger partial charge is 2.00 e.